The van der Waals surface area contributed by atoms with Crippen molar-refractivity contribution in [3.63, 3.8) is 0 Å². The van der Waals surface area contributed by atoms with Gasteiger partial charge in [0.15, 0.2) is 0 Å². The van der Waals surface area contributed by atoms with E-state index in [1.165, 1.54) is 12.1 Å². The molecule has 1 aromatic heterocycles. The van der Waals surface area contributed by atoms with E-state index in [0.29, 0.717) is 0 Å². The lowest BCUT2D eigenvalue weighted by molar-refractivity contribution is 0.458. The number of hydrogen-bond acceptors (Lipinski definition) is 6. The van der Waals surface area contributed by atoms with E-state index < -0.39 is 28.2 Å². The Bertz CT molecular complexity index is 703. The van der Waals surface area contributed by atoms with Crippen molar-refractivity contribution in [2.45, 2.75) is 4.90 Å². The van der Waals surface area contributed by atoms with E-state index in [1.807, 2.05) is 0 Å². The van der Waals surface area contributed by atoms with Gasteiger partial charge in [-0.2, -0.15) is 32.2 Å². The van der Waals surface area contributed by atoms with Crippen molar-refractivity contribution < 1.29 is 21.8 Å². The van der Waals surface area contributed by atoms with Crippen molar-refractivity contribution >= 4 is 21.8 Å². The molecule has 2 N–H and O–H groups in total. The summed E-state index contributed by atoms with van der Waals surface area (Å²) in [5.74, 6) is -0.433. The van der Waals surface area contributed by atoms with Gasteiger partial charge in [0, 0.05) is 5.69 Å². The highest BCUT2D eigenvalue weighted by Crippen LogP contribution is 2.17. The zero-order valence-corrected chi connectivity index (χ0v) is 9.90. The van der Waals surface area contributed by atoms with Crippen LogP contribution in [0.5, 0.6) is 0 Å². The van der Waals surface area contributed by atoms with Crippen LogP contribution in [0.3, 0.4) is 0 Å². The van der Waals surface area contributed by atoms with E-state index in [0.717, 1.165) is 12.1 Å². The van der Waals surface area contributed by atoms with Gasteiger partial charge in [0.1, 0.15) is 0 Å². The summed E-state index contributed by atoms with van der Waals surface area (Å²) in [5.41, 5.74) is 0.125. The molecule has 0 bridgehead atoms. The molecule has 0 spiro atoms. The second-order valence-electron chi connectivity index (χ2n) is 3.32. The normalized spacial score (nSPS) is 11.3. The Morgan fingerprint density at radius 2 is 1.74 bits per heavy atom. The number of rotatable bonds is 3. The smallest absolute Gasteiger partial charge is 0.315 e. The van der Waals surface area contributed by atoms with Crippen LogP contribution in [0.25, 0.3) is 0 Å². The summed E-state index contributed by atoms with van der Waals surface area (Å²) in [6, 6.07) is 4.91. The van der Waals surface area contributed by atoms with E-state index in [1.54, 1.807) is 0 Å². The molecular weight excluding hydrogens is 282 g/mol. The fraction of sp³-hybridized carbons (Fsp3) is 0. The van der Waals surface area contributed by atoms with Gasteiger partial charge < -0.3 is 5.32 Å². The minimum atomic E-state index is -4.38. The van der Waals surface area contributed by atoms with Crippen LogP contribution in [-0.4, -0.2) is 27.9 Å². The molecule has 0 aliphatic carbocycles. The van der Waals surface area contributed by atoms with Gasteiger partial charge in [-0.1, -0.05) is 6.07 Å². The van der Waals surface area contributed by atoms with Crippen molar-refractivity contribution in [1.82, 2.24) is 15.0 Å². The van der Waals surface area contributed by atoms with Crippen LogP contribution >= 0.6 is 0 Å². The number of anilines is 2. The third kappa shape index (κ3) is 3.39. The molecule has 100 valence electrons. The van der Waals surface area contributed by atoms with Gasteiger partial charge in [-0.25, -0.2) is 0 Å². The molecule has 19 heavy (non-hydrogen) atoms. The van der Waals surface area contributed by atoms with Crippen LogP contribution in [-0.2, 0) is 10.1 Å². The number of nitrogens with zero attached hydrogens (tertiary/aromatic N) is 3. The molecule has 0 unspecified atom stereocenters. The van der Waals surface area contributed by atoms with Crippen molar-refractivity contribution in [1.29, 1.82) is 0 Å². The number of hydrogen-bond donors (Lipinski definition) is 2. The summed E-state index contributed by atoms with van der Waals surface area (Å²) in [5, 5.41) is 2.38. The van der Waals surface area contributed by atoms with Crippen molar-refractivity contribution in [2.24, 2.45) is 0 Å². The molecule has 1 heterocycles. The van der Waals surface area contributed by atoms with Crippen LogP contribution < -0.4 is 5.32 Å². The Morgan fingerprint density at radius 3 is 2.32 bits per heavy atom. The lowest BCUT2D eigenvalue weighted by Crippen LogP contribution is -2.05. The molecule has 10 heteroatoms. The van der Waals surface area contributed by atoms with Gasteiger partial charge in [-0.15, -0.1) is 0 Å². The van der Waals surface area contributed by atoms with Gasteiger partial charge in [-0.05, 0) is 18.2 Å². The molecule has 7 nitrogen and oxygen atoms in total. The molecule has 2 aromatic rings. The standard InChI is InChI=1S/C9H6F2N4O3S/c10-7-13-8(11)15-9(14-7)12-5-2-1-3-6(4-5)19(16,17)18/h1-4H,(H,16,17,18)(H,12,13,14,15). The lowest BCUT2D eigenvalue weighted by Gasteiger charge is -2.05. The van der Waals surface area contributed by atoms with Gasteiger partial charge >= 0.3 is 12.2 Å². The van der Waals surface area contributed by atoms with Crippen LogP contribution in [0, 0.1) is 12.2 Å². The Balaban J connectivity index is 2.33. The minimum absolute atomic E-state index is 0.125. The maximum atomic E-state index is 12.7. The Morgan fingerprint density at radius 1 is 1.11 bits per heavy atom. The first kappa shape index (κ1) is 13.2. The summed E-state index contributed by atoms with van der Waals surface area (Å²) in [4.78, 5) is 8.66. The van der Waals surface area contributed by atoms with Crippen LogP contribution in [0.4, 0.5) is 20.4 Å². The van der Waals surface area contributed by atoms with E-state index >= 15 is 0 Å². The molecule has 2 rings (SSSR count). The van der Waals surface area contributed by atoms with Crippen LogP contribution in [0.15, 0.2) is 29.2 Å². The third-order valence-electron chi connectivity index (χ3n) is 1.97. The first-order valence-electron chi connectivity index (χ1n) is 4.76. The van der Waals surface area contributed by atoms with Gasteiger partial charge in [0.2, 0.25) is 5.95 Å². The summed E-state index contributed by atoms with van der Waals surface area (Å²) >= 11 is 0. The van der Waals surface area contributed by atoms with Crippen molar-refractivity contribution in [3.8, 4) is 0 Å². The first-order chi connectivity index (χ1) is 8.84. The molecule has 0 fully saturated rings. The summed E-state index contributed by atoms with van der Waals surface area (Å²) in [6.07, 6.45) is -2.64. The molecule has 0 atom stereocenters. The molecule has 0 saturated heterocycles. The highest BCUT2D eigenvalue weighted by atomic mass is 32.2. The maximum Gasteiger partial charge on any atom is 0.315 e. The fourth-order valence-corrected chi connectivity index (χ4v) is 1.77. The molecule has 0 radical (unpaired) electrons. The van der Waals surface area contributed by atoms with E-state index in [-0.39, 0.29) is 10.6 Å². The number of nitrogens with one attached hydrogen (secondary N) is 1. The van der Waals surface area contributed by atoms with Gasteiger partial charge in [-0.3, -0.25) is 4.55 Å². The van der Waals surface area contributed by atoms with Gasteiger partial charge in [0.05, 0.1) is 4.90 Å². The molecule has 0 amide bonds. The zero-order valence-electron chi connectivity index (χ0n) is 9.08. The highest BCUT2D eigenvalue weighted by Gasteiger charge is 2.11. The SMILES string of the molecule is O=S(=O)(O)c1cccc(Nc2nc(F)nc(F)n2)c1. The topological polar surface area (TPSA) is 105 Å². The zero-order chi connectivity index (χ0) is 14.0. The number of halogens is 2. The third-order valence-corrected chi connectivity index (χ3v) is 2.82. The van der Waals surface area contributed by atoms with E-state index in [9.17, 15) is 17.2 Å². The predicted molar refractivity (Wildman–Crippen MR) is 59.3 cm³/mol. The Labute approximate surface area is 106 Å². The second-order valence-corrected chi connectivity index (χ2v) is 4.75. The molecule has 1 aromatic carbocycles. The first-order valence-corrected chi connectivity index (χ1v) is 6.20. The molecular formula is C9H6F2N4O3S. The number of aromatic nitrogens is 3. The monoisotopic (exact) mass is 288 g/mol. The largest absolute Gasteiger partial charge is 0.324 e. The van der Waals surface area contributed by atoms with Gasteiger partial charge in [0.25, 0.3) is 10.1 Å². The predicted octanol–water partition coefficient (Wildman–Crippen LogP) is 1.14. The maximum absolute atomic E-state index is 12.7. The van der Waals surface area contributed by atoms with E-state index in [2.05, 4.69) is 20.3 Å². The summed E-state index contributed by atoms with van der Waals surface area (Å²) < 4.78 is 56.1. The average molecular weight is 288 g/mol. The summed E-state index contributed by atoms with van der Waals surface area (Å²) in [7, 11) is -4.38. The summed E-state index contributed by atoms with van der Waals surface area (Å²) in [6.45, 7) is 0. The van der Waals surface area contributed by atoms with Crippen LogP contribution in [0.2, 0.25) is 0 Å². The lowest BCUT2D eigenvalue weighted by atomic mass is 10.3. The highest BCUT2D eigenvalue weighted by molar-refractivity contribution is 7.85. The second kappa shape index (κ2) is 4.82. The minimum Gasteiger partial charge on any atom is -0.324 e. The van der Waals surface area contributed by atoms with Crippen molar-refractivity contribution in [3.05, 3.63) is 36.4 Å². The van der Waals surface area contributed by atoms with Crippen molar-refractivity contribution in [2.75, 3.05) is 5.32 Å². The molecule has 0 aliphatic rings. The quantitative estimate of drug-likeness (QED) is 0.816. The van der Waals surface area contributed by atoms with Crippen LogP contribution in [0.1, 0.15) is 0 Å². The molecule has 0 saturated carbocycles. The molecule has 0 aliphatic heterocycles. The van der Waals surface area contributed by atoms with E-state index in [4.69, 9.17) is 4.55 Å². The Hall–Kier alpha value is -2.20. The fourth-order valence-electron chi connectivity index (χ4n) is 1.25. The Kier molecular flexibility index (Phi) is 3.36. The average Bonchev–Trinajstić information content (AvgIpc) is 2.26. The number of benzene rings is 1.